The van der Waals surface area contributed by atoms with Crippen LogP contribution in [0.3, 0.4) is 0 Å². The van der Waals surface area contributed by atoms with E-state index in [2.05, 4.69) is 5.32 Å². The van der Waals surface area contributed by atoms with Gasteiger partial charge in [0.25, 0.3) is 0 Å². The molecule has 4 nitrogen and oxygen atoms in total. The fourth-order valence-corrected chi connectivity index (χ4v) is 2.93. The molecule has 1 rings (SSSR count). The van der Waals surface area contributed by atoms with Crippen molar-refractivity contribution >= 4 is 23.6 Å². The van der Waals surface area contributed by atoms with Gasteiger partial charge in [0.2, 0.25) is 5.91 Å². The van der Waals surface area contributed by atoms with E-state index in [1.807, 2.05) is 32.5 Å². The van der Waals surface area contributed by atoms with Gasteiger partial charge < -0.3 is 10.1 Å². The van der Waals surface area contributed by atoms with Gasteiger partial charge in [0.1, 0.15) is 5.60 Å². The van der Waals surface area contributed by atoms with Crippen molar-refractivity contribution in [3.63, 3.8) is 0 Å². The number of amides is 1. The Morgan fingerprint density at radius 3 is 2.61 bits per heavy atom. The lowest BCUT2D eigenvalue weighted by molar-refractivity contribution is -0.155. The number of thioether (sulfide) groups is 1. The first-order valence-corrected chi connectivity index (χ1v) is 7.52. The molecular formula is C13H23NO3S. The molecule has 0 radical (unpaired) electrons. The number of rotatable bonds is 5. The van der Waals surface area contributed by atoms with Crippen LogP contribution >= 0.6 is 11.8 Å². The van der Waals surface area contributed by atoms with Gasteiger partial charge in [0, 0.05) is 18.2 Å². The Balaban J connectivity index is 2.10. The highest BCUT2D eigenvalue weighted by Crippen LogP contribution is 2.25. The first kappa shape index (κ1) is 15.3. The van der Waals surface area contributed by atoms with Crippen molar-refractivity contribution in [2.75, 3.05) is 12.3 Å². The normalized spacial score (nSPS) is 19.6. The van der Waals surface area contributed by atoms with Gasteiger partial charge in [-0.2, -0.15) is 11.8 Å². The van der Waals surface area contributed by atoms with E-state index in [1.54, 1.807) is 0 Å². The third-order valence-corrected chi connectivity index (χ3v) is 3.93. The molecule has 1 aliphatic rings. The highest BCUT2D eigenvalue weighted by Gasteiger charge is 2.18. The summed E-state index contributed by atoms with van der Waals surface area (Å²) in [6.45, 7) is 6.19. The second-order valence-corrected chi connectivity index (χ2v) is 6.93. The van der Waals surface area contributed by atoms with Crippen LogP contribution in [0.1, 0.15) is 46.5 Å². The maximum absolute atomic E-state index is 11.5. The molecule has 1 aliphatic heterocycles. The molecular weight excluding hydrogens is 250 g/mol. The third kappa shape index (κ3) is 6.89. The zero-order valence-corrected chi connectivity index (χ0v) is 12.3. The summed E-state index contributed by atoms with van der Waals surface area (Å²) in [6.07, 6.45) is 2.79. The first-order valence-electron chi connectivity index (χ1n) is 6.47. The van der Waals surface area contributed by atoms with Crippen LogP contribution in [0.4, 0.5) is 0 Å². The van der Waals surface area contributed by atoms with E-state index in [-0.39, 0.29) is 24.7 Å². The van der Waals surface area contributed by atoms with E-state index in [0.717, 1.165) is 6.54 Å². The van der Waals surface area contributed by atoms with E-state index in [4.69, 9.17) is 4.74 Å². The van der Waals surface area contributed by atoms with Crippen LogP contribution in [-0.2, 0) is 14.3 Å². The smallest absolute Gasteiger partial charge is 0.306 e. The molecule has 0 spiro atoms. The van der Waals surface area contributed by atoms with E-state index in [0.29, 0.717) is 5.25 Å². The SMILES string of the molecule is CC(C)(C)OC(=O)CCC(=O)NCC1CCCS1. The van der Waals surface area contributed by atoms with Gasteiger partial charge in [-0.15, -0.1) is 0 Å². The molecule has 1 fully saturated rings. The molecule has 104 valence electrons. The van der Waals surface area contributed by atoms with E-state index < -0.39 is 5.60 Å². The Morgan fingerprint density at radius 1 is 1.33 bits per heavy atom. The largest absolute Gasteiger partial charge is 0.460 e. The van der Waals surface area contributed by atoms with Crippen molar-refractivity contribution in [1.82, 2.24) is 5.32 Å². The Hall–Kier alpha value is -0.710. The maximum Gasteiger partial charge on any atom is 0.306 e. The predicted octanol–water partition coefficient (Wildman–Crippen LogP) is 2.12. The number of carbonyl (C=O) groups excluding carboxylic acids is 2. The number of nitrogens with one attached hydrogen (secondary N) is 1. The van der Waals surface area contributed by atoms with Gasteiger partial charge >= 0.3 is 5.97 Å². The van der Waals surface area contributed by atoms with Crippen molar-refractivity contribution < 1.29 is 14.3 Å². The minimum atomic E-state index is -0.478. The molecule has 18 heavy (non-hydrogen) atoms. The molecule has 1 N–H and O–H groups in total. The molecule has 0 aliphatic carbocycles. The van der Waals surface area contributed by atoms with Crippen LogP contribution < -0.4 is 5.32 Å². The number of carbonyl (C=O) groups is 2. The predicted molar refractivity (Wildman–Crippen MR) is 73.6 cm³/mol. The van der Waals surface area contributed by atoms with Gasteiger partial charge in [-0.1, -0.05) is 0 Å². The number of hydrogen-bond acceptors (Lipinski definition) is 4. The van der Waals surface area contributed by atoms with Crippen molar-refractivity contribution in [2.24, 2.45) is 0 Å². The Bertz CT molecular complexity index is 293. The Morgan fingerprint density at radius 2 is 2.06 bits per heavy atom. The van der Waals surface area contributed by atoms with Crippen molar-refractivity contribution in [2.45, 2.75) is 57.3 Å². The molecule has 1 atom stereocenters. The quantitative estimate of drug-likeness (QED) is 0.780. The van der Waals surface area contributed by atoms with Crippen molar-refractivity contribution in [3.05, 3.63) is 0 Å². The maximum atomic E-state index is 11.5. The van der Waals surface area contributed by atoms with E-state index in [9.17, 15) is 9.59 Å². The zero-order chi connectivity index (χ0) is 13.6. The van der Waals surface area contributed by atoms with E-state index in [1.165, 1.54) is 18.6 Å². The second-order valence-electron chi connectivity index (χ2n) is 5.53. The fourth-order valence-electron chi connectivity index (χ4n) is 1.73. The zero-order valence-electron chi connectivity index (χ0n) is 11.5. The molecule has 0 aromatic carbocycles. The van der Waals surface area contributed by atoms with Gasteiger partial charge in [-0.05, 0) is 39.4 Å². The van der Waals surface area contributed by atoms with Crippen LogP contribution in [0.15, 0.2) is 0 Å². The van der Waals surface area contributed by atoms with Crippen LogP contribution in [-0.4, -0.2) is 35.0 Å². The Kier molecular flexibility index (Phi) is 5.99. The minimum absolute atomic E-state index is 0.0617. The third-order valence-electron chi connectivity index (χ3n) is 2.53. The van der Waals surface area contributed by atoms with Gasteiger partial charge in [0.15, 0.2) is 0 Å². The van der Waals surface area contributed by atoms with Crippen LogP contribution in [0.25, 0.3) is 0 Å². The average molecular weight is 273 g/mol. The molecule has 0 bridgehead atoms. The fraction of sp³-hybridized carbons (Fsp3) is 0.846. The van der Waals surface area contributed by atoms with Gasteiger partial charge in [-0.25, -0.2) is 0 Å². The first-order chi connectivity index (χ1) is 8.37. The highest BCUT2D eigenvalue weighted by atomic mass is 32.2. The van der Waals surface area contributed by atoms with Crippen LogP contribution in [0.5, 0.6) is 0 Å². The standard InChI is InChI=1S/C13H23NO3S/c1-13(2,3)17-12(16)7-6-11(15)14-9-10-5-4-8-18-10/h10H,4-9H2,1-3H3,(H,14,15). The summed E-state index contributed by atoms with van der Waals surface area (Å²) in [5.41, 5.74) is -0.478. The molecule has 1 unspecified atom stereocenters. The molecule has 1 saturated heterocycles. The van der Waals surface area contributed by atoms with Gasteiger partial charge in [-0.3, -0.25) is 9.59 Å². The average Bonchev–Trinajstić information content (AvgIpc) is 2.74. The lowest BCUT2D eigenvalue weighted by Gasteiger charge is -2.19. The number of hydrogen-bond donors (Lipinski definition) is 1. The van der Waals surface area contributed by atoms with Gasteiger partial charge in [0.05, 0.1) is 6.42 Å². The summed E-state index contributed by atoms with van der Waals surface area (Å²) in [5, 5.41) is 3.43. The van der Waals surface area contributed by atoms with E-state index >= 15 is 0 Å². The molecule has 5 heteroatoms. The summed E-state index contributed by atoms with van der Waals surface area (Å²) in [7, 11) is 0. The number of ether oxygens (including phenoxy) is 1. The molecule has 0 aromatic heterocycles. The van der Waals surface area contributed by atoms with Crippen LogP contribution in [0.2, 0.25) is 0 Å². The monoisotopic (exact) mass is 273 g/mol. The summed E-state index contributed by atoms with van der Waals surface area (Å²) in [4.78, 5) is 23.0. The molecule has 0 saturated carbocycles. The summed E-state index contributed by atoms with van der Waals surface area (Å²) in [6, 6.07) is 0. The minimum Gasteiger partial charge on any atom is -0.460 e. The molecule has 0 aromatic rings. The summed E-state index contributed by atoms with van der Waals surface area (Å²) < 4.78 is 5.14. The topological polar surface area (TPSA) is 55.4 Å². The lowest BCUT2D eigenvalue weighted by atomic mass is 10.2. The molecule has 1 heterocycles. The summed E-state index contributed by atoms with van der Waals surface area (Å²) >= 11 is 1.91. The molecule has 1 amide bonds. The summed E-state index contributed by atoms with van der Waals surface area (Å²) in [5.74, 6) is 0.819. The number of esters is 1. The lowest BCUT2D eigenvalue weighted by Crippen LogP contribution is -2.30. The van der Waals surface area contributed by atoms with Crippen molar-refractivity contribution in [1.29, 1.82) is 0 Å². The Labute approximate surface area is 113 Å². The second kappa shape index (κ2) is 7.02. The highest BCUT2D eigenvalue weighted by molar-refractivity contribution is 8.00. The van der Waals surface area contributed by atoms with Crippen LogP contribution in [0, 0.1) is 0 Å². The van der Waals surface area contributed by atoms with Crippen molar-refractivity contribution in [3.8, 4) is 0 Å².